The summed E-state index contributed by atoms with van der Waals surface area (Å²) in [4.78, 5) is 23.6. The van der Waals surface area contributed by atoms with Crippen molar-refractivity contribution >= 4 is 16.9 Å². The lowest BCUT2D eigenvalue weighted by Gasteiger charge is -1.98. The molecule has 3 rings (SSSR count). The smallest absolute Gasteiger partial charge is 0.419 e. The summed E-state index contributed by atoms with van der Waals surface area (Å²) in [6.45, 7) is 1.77. The van der Waals surface area contributed by atoms with E-state index in [9.17, 15) is 9.59 Å². The largest absolute Gasteiger partial charge is 0.469 e. The molecule has 0 atom stereocenters. The minimum absolute atomic E-state index is 0.162. The van der Waals surface area contributed by atoms with Crippen molar-refractivity contribution in [1.29, 1.82) is 0 Å². The van der Waals surface area contributed by atoms with Crippen LogP contribution in [0.1, 0.15) is 21.7 Å². The van der Waals surface area contributed by atoms with Gasteiger partial charge in [-0.05, 0) is 31.2 Å². The standard InChI is InChI=1S/C14H11NO4/c1-8-5-10(7-18-8)13(16)9-3-4-11-12(6-9)19-14(17)15(11)2/h3-7H,1-2H3. The number of aromatic nitrogens is 1. The van der Waals surface area contributed by atoms with Crippen LogP contribution >= 0.6 is 0 Å². The second-order valence-corrected chi connectivity index (χ2v) is 4.38. The molecule has 0 aliphatic rings. The van der Waals surface area contributed by atoms with Gasteiger partial charge in [0, 0.05) is 12.6 Å². The molecule has 0 aliphatic heterocycles. The van der Waals surface area contributed by atoms with Gasteiger partial charge in [-0.3, -0.25) is 9.36 Å². The predicted octanol–water partition coefficient (Wildman–Crippen LogP) is 2.26. The fraction of sp³-hybridized carbons (Fsp3) is 0.143. The van der Waals surface area contributed by atoms with Crippen LogP contribution in [0.15, 0.2) is 44.2 Å². The van der Waals surface area contributed by atoms with Gasteiger partial charge in [0.1, 0.15) is 12.0 Å². The number of oxazole rings is 1. The summed E-state index contributed by atoms with van der Waals surface area (Å²) in [6.07, 6.45) is 1.42. The molecule has 2 heterocycles. The number of ketones is 1. The molecule has 96 valence electrons. The van der Waals surface area contributed by atoms with Gasteiger partial charge >= 0.3 is 5.76 Å². The number of furan rings is 1. The Morgan fingerprint density at radius 2 is 2.00 bits per heavy atom. The summed E-state index contributed by atoms with van der Waals surface area (Å²) < 4.78 is 11.6. The van der Waals surface area contributed by atoms with Gasteiger partial charge in [0.2, 0.25) is 0 Å². The molecule has 0 saturated carbocycles. The first-order valence-electron chi connectivity index (χ1n) is 5.75. The summed E-state index contributed by atoms with van der Waals surface area (Å²) in [6, 6.07) is 6.61. The van der Waals surface area contributed by atoms with Crippen molar-refractivity contribution in [2.75, 3.05) is 0 Å². The van der Waals surface area contributed by atoms with Crippen LogP contribution in [0.4, 0.5) is 0 Å². The van der Waals surface area contributed by atoms with E-state index in [1.165, 1.54) is 10.8 Å². The number of carbonyl (C=O) groups is 1. The van der Waals surface area contributed by atoms with E-state index in [0.717, 1.165) is 0 Å². The van der Waals surface area contributed by atoms with Crippen LogP contribution in [0.5, 0.6) is 0 Å². The van der Waals surface area contributed by atoms with Crippen LogP contribution in [0.3, 0.4) is 0 Å². The van der Waals surface area contributed by atoms with Crippen LogP contribution in [-0.2, 0) is 7.05 Å². The number of nitrogens with zero attached hydrogens (tertiary/aromatic N) is 1. The first-order valence-corrected chi connectivity index (χ1v) is 5.75. The minimum atomic E-state index is -0.446. The average Bonchev–Trinajstić information content (AvgIpc) is 2.94. The van der Waals surface area contributed by atoms with Crippen LogP contribution < -0.4 is 5.76 Å². The molecule has 19 heavy (non-hydrogen) atoms. The zero-order valence-electron chi connectivity index (χ0n) is 10.5. The highest BCUT2D eigenvalue weighted by atomic mass is 16.4. The van der Waals surface area contributed by atoms with Crippen molar-refractivity contribution in [1.82, 2.24) is 4.57 Å². The molecule has 0 radical (unpaired) electrons. The third kappa shape index (κ3) is 1.79. The Bertz CT molecular complexity index is 835. The fourth-order valence-electron chi connectivity index (χ4n) is 2.00. The second-order valence-electron chi connectivity index (χ2n) is 4.38. The summed E-state index contributed by atoms with van der Waals surface area (Å²) in [7, 11) is 1.62. The van der Waals surface area contributed by atoms with E-state index in [1.54, 1.807) is 38.2 Å². The minimum Gasteiger partial charge on any atom is -0.469 e. The second kappa shape index (κ2) is 3.98. The Hall–Kier alpha value is -2.56. The van der Waals surface area contributed by atoms with Crippen molar-refractivity contribution < 1.29 is 13.6 Å². The predicted molar refractivity (Wildman–Crippen MR) is 68.3 cm³/mol. The molecule has 3 aromatic rings. The molecule has 0 N–H and O–H groups in total. The number of hydrogen-bond donors (Lipinski definition) is 0. The van der Waals surface area contributed by atoms with Gasteiger partial charge < -0.3 is 8.83 Å². The molecule has 0 spiro atoms. The first kappa shape index (κ1) is 11.5. The first-order chi connectivity index (χ1) is 9.06. The zero-order valence-corrected chi connectivity index (χ0v) is 10.5. The van der Waals surface area contributed by atoms with E-state index in [4.69, 9.17) is 8.83 Å². The SMILES string of the molecule is Cc1cc(C(=O)c2ccc3c(c2)oc(=O)n3C)co1. The maximum Gasteiger partial charge on any atom is 0.419 e. The summed E-state index contributed by atoms with van der Waals surface area (Å²) in [5.41, 5.74) is 2.00. The van der Waals surface area contributed by atoms with E-state index >= 15 is 0 Å². The van der Waals surface area contributed by atoms with E-state index in [2.05, 4.69) is 0 Å². The lowest BCUT2D eigenvalue weighted by atomic mass is 10.1. The quantitative estimate of drug-likeness (QED) is 0.660. The lowest BCUT2D eigenvalue weighted by molar-refractivity contribution is 0.103. The number of fused-ring (bicyclic) bond motifs is 1. The third-order valence-electron chi connectivity index (χ3n) is 3.05. The topological polar surface area (TPSA) is 65.3 Å². The van der Waals surface area contributed by atoms with E-state index in [1.807, 2.05) is 0 Å². The Kier molecular flexibility index (Phi) is 2.41. The highest BCUT2D eigenvalue weighted by Gasteiger charge is 2.14. The van der Waals surface area contributed by atoms with Crippen molar-refractivity contribution in [3.05, 3.63) is 58.0 Å². The van der Waals surface area contributed by atoms with Crippen LogP contribution in [0, 0.1) is 6.92 Å². The van der Waals surface area contributed by atoms with Crippen molar-refractivity contribution in [2.45, 2.75) is 6.92 Å². The Balaban J connectivity index is 2.11. The molecule has 5 heteroatoms. The number of benzene rings is 1. The van der Waals surface area contributed by atoms with Crippen LogP contribution in [0.25, 0.3) is 11.1 Å². The van der Waals surface area contributed by atoms with Crippen LogP contribution in [-0.4, -0.2) is 10.4 Å². The molecule has 0 aliphatic carbocycles. The molecule has 0 bridgehead atoms. The fourth-order valence-corrected chi connectivity index (χ4v) is 2.00. The normalized spacial score (nSPS) is 11.1. The zero-order chi connectivity index (χ0) is 13.6. The molecular formula is C14H11NO4. The highest BCUT2D eigenvalue weighted by molar-refractivity contribution is 6.10. The maximum absolute atomic E-state index is 12.2. The molecule has 0 amide bonds. The molecular weight excluding hydrogens is 246 g/mol. The number of hydrogen-bond acceptors (Lipinski definition) is 4. The summed E-state index contributed by atoms with van der Waals surface area (Å²) in [5.74, 6) is 0.0691. The average molecular weight is 257 g/mol. The summed E-state index contributed by atoms with van der Waals surface area (Å²) >= 11 is 0. The third-order valence-corrected chi connectivity index (χ3v) is 3.05. The number of aryl methyl sites for hydroxylation is 2. The van der Waals surface area contributed by atoms with Crippen molar-refractivity contribution in [3.63, 3.8) is 0 Å². The van der Waals surface area contributed by atoms with Gasteiger partial charge in [-0.1, -0.05) is 0 Å². The molecule has 2 aromatic heterocycles. The maximum atomic E-state index is 12.2. The monoisotopic (exact) mass is 257 g/mol. The number of carbonyl (C=O) groups excluding carboxylic acids is 1. The lowest BCUT2D eigenvalue weighted by Crippen LogP contribution is -2.08. The molecule has 5 nitrogen and oxygen atoms in total. The van der Waals surface area contributed by atoms with Gasteiger partial charge in [-0.15, -0.1) is 0 Å². The van der Waals surface area contributed by atoms with Crippen molar-refractivity contribution in [3.8, 4) is 0 Å². The van der Waals surface area contributed by atoms with Gasteiger partial charge in [0.15, 0.2) is 11.4 Å². The van der Waals surface area contributed by atoms with Gasteiger partial charge in [0.05, 0.1) is 11.1 Å². The summed E-state index contributed by atoms with van der Waals surface area (Å²) in [5, 5.41) is 0. The molecule has 0 saturated heterocycles. The van der Waals surface area contributed by atoms with Crippen LogP contribution in [0.2, 0.25) is 0 Å². The van der Waals surface area contributed by atoms with Gasteiger partial charge in [0.25, 0.3) is 0 Å². The highest BCUT2D eigenvalue weighted by Crippen LogP contribution is 2.18. The molecule has 0 unspecified atom stereocenters. The molecule has 1 aromatic carbocycles. The Labute approximate surface area is 108 Å². The van der Waals surface area contributed by atoms with E-state index in [0.29, 0.717) is 28.0 Å². The van der Waals surface area contributed by atoms with Gasteiger partial charge in [-0.25, -0.2) is 4.79 Å². The Morgan fingerprint density at radius 3 is 2.68 bits per heavy atom. The molecule has 0 fully saturated rings. The van der Waals surface area contributed by atoms with Crippen molar-refractivity contribution in [2.24, 2.45) is 7.05 Å². The Morgan fingerprint density at radius 1 is 1.21 bits per heavy atom. The number of rotatable bonds is 2. The van der Waals surface area contributed by atoms with E-state index < -0.39 is 5.76 Å². The van der Waals surface area contributed by atoms with Gasteiger partial charge in [-0.2, -0.15) is 0 Å². The van der Waals surface area contributed by atoms with E-state index in [-0.39, 0.29) is 5.78 Å².